The van der Waals surface area contributed by atoms with Gasteiger partial charge >= 0.3 is 7.82 Å². The van der Waals surface area contributed by atoms with Crippen LogP contribution in [0.3, 0.4) is 0 Å². The van der Waals surface area contributed by atoms with E-state index in [1.54, 1.807) is 0 Å². The van der Waals surface area contributed by atoms with Crippen molar-refractivity contribution >= 4 is 13.7 Å². The van der Waals surface area contributed by atoms with Crippen molar-refractivity contribution in [2.24, 2.45) is 0 Å². The lowest BCUT2D eigenvalue weighted by atomic mass is 9.85. The average molecular weight is 1060 g/mol. The molecule has 0 bridgehead atoms. The van der Waals surface area contributed by atoms with Gasteiger partial charge < -0.3 is 40.8 Å². The summed E-state index contributed by atoms with van der Waals surface area (Å²) in [5.74, 6) is -0.299. The van der Waals surface area contributed by atoms with Crippen LogP contribution in [-0.2, 0) is 18.4 Å². The van der Waals surface area contributed by atoms with Crippen LogP contribution in [0.25, 0.3) is 0 Å². The molecule has 1 rings (SSSR count). The highest BCUT2D eigenvalue weighted by Crippen LogP contribution is 2.47. The third kappa shape index (κ3) is 40.2. The lowest BCUT2D eigenvalue weighted by Gasteiger charge is -2.41. The van der Waals surface area contributed by atoms with Crippen molar-refractivity contribution in [3.8, 4) is 0 Å². The molecule has 73 heavy (non-hydrogen) atoms. The third-order valence-electron chi connectivity index (χ3n) is 15.7. The first-order chi connectivity index (χ1) is 35.4. The highest BCUT2D eigenvalue weighted by Gasteiger charge is 2.51. The topological polar surface area (TPSA) is 206 Å². The molecule has 9 atom stereocenters. The summed E-state index contributed by atoms with van der Waals surface area (Å²) < 4.78 is 23.1. The van der Waals surface area contributed by atoms with Crippen LogP contribution in [0, 0.1) is 0 Å². The molecule has 6 unspecified atom stereocenters. The highest BCUT2D eigenvalue weighted by atomic mass is 31.2. The summed E-state index contributed by atoms with van der Waals surface area (Å²) in [5.41, 5.74) is 0. The van der Waals surface area contributed by atoms with Crippen LogP contribution in [0.2, 0.25) is 0 Å². The van der Waals surface area contributed by atoms with Gasteiger partial charge in [-0.05, 0) is 12.8 Å². The number of phosphoric ester groups is 1. The molecule has 0 saturated heterocycles. The molecule has 1 aliphatic rings. The van der Waals surface area contributed by atoms with Gasteiger partial charge in [0.25, 0.3) is 0 Å². The second-order valence-electron chi connectivity index (χ2n) is 22.6. The van der Waals surface area contributed by atoms with Crippen LogP contribution in [0.5, 0.6) is 0 Å². The number of phosphoric acid groups is 1. The number of rotatable bonds is 55. The zero-order chi connectivity index (χ0) is 53.5. The van der Waals surface area contributed by atoms with E-state index in [1.807, 2.05) is 0 Å². The summed E-state index contributed by atoms with van der Waals surface area (Å²) >= 11 is 0. The van der Waals surface area contributed by atoms with Crippen molar-refractivity contribution in [1.29, 1.82) is 0 Å². The van der Waals surface area contributed by atoms with Crippen LogP contribution in [-0.4, -0.2) is 96.8 Å². The average Bonchev–Trinajstić information content (AvgIpc) is 3.38. The summed E-state index contributed by atoms with van der Waals surface area (Å²) in [6.45, 7) is 3.96. The van der Waals surface area contributed by atoms with Crippen molar-refractivity contribution in [3.05, 3.63) is 0 Å². The van der Waals surface area contributed by atoms with Gasteiger partial charge in [0.1, 0.15) is 36.6 Å². The van der Waals surface area contributed by atoms with Crippen molar-refractivity contribution in [1.82, 2.24) is 5.32 Å². The van der Waals surface area contributed by atoms with Crippen LogP contribution in [0.15, 0.2) is 0 Å². The van der Waals surface area contributed by atoms with E-state index in [2.05, 4.69) is 19.2 Å². The van der Waals surface area contributed by atoms with Crippen LogP contribution >= 0.6 is 7.82 Å². The molecule has 12 nitrogen and oxygen atoms in total. The number of carbonyl (C=O) groups is 1. The number of amides is 1. The first-order valence-corrected chi connectivity index (χ1v) is 33.0. The van der Waals surface area contributed by atoms with Crippen LogP contribution in [0.4, 0.5) is 0 Å². The fraction of sp³-hybridized carbons (Fsp3) is 0.983. The quantitative estimate of drug-likeness (QED) is 0.0212. The smallest absolute Gasteiger partial charge is 0.391 e. The summed E-state index contributed by atoms with van der Waals surface area (Å²) in [4.78, 5) is 23.6. The fourth-order valence-corrected chi connectivity index (χ4v) is 11.6. The number of nitrogens with one attached hydrogen (secondary N) is 1. The maximum atomic E-state index is 13.1. The lowest BCUT2D eigenvalue weighted by Crippen LogP contribution is -2.64. The van der Waals surface area contributed by atoms with E-state index < -0.39 is 63.2 Å². The van der Waals surface area contributed by atoms with E-state index in [1.165, 1.54) is 244 Å². The molecule has 0 heterocycles. The SMILES string of the molecule is CCCCCCCCCCCCCCCCCCCCCCCCCCCCCCCC(=O)N[C@@H](COP(=O)(O)OC1C(O)C(O)C(O)[C@@H](O)C1O)[C@H](O)CCCCCCCCCCCCCCCCCCC. The summed E-state index contributed by atoms with van der Waals surface area (Å²) in [5, 5.41) is 64.6. The predicted molar refractivity (Wildman–Crippen MR) is 302 cm³/mol. The minimum Gasteiger partial charge on any atom is -0.391 e. The first-order valence-electron chi connectivity index (χ1n) is 31.5. The summed E-state index contributed by atoms with van der Waals surface area (Å²) in [6.07, 6.45) is 47.2. The van der Waals surface area contributed by atoms with E-state index in [-0.39, 0.29) is 12.3 Å². The number of carbonyl (C=O) groups excluding carboxylic acids is 1. The van der Waals surface area contributed by atoms with Gasteiger partial charge in [-0.15, -0.1) is 0 Å². The molecule has 1 aliphatic carbocycles. The second-order valence-corrected chi connectivity index (χ2v) is 24.0. The number of aliphatic hydroxyl groups excluding tert-OH is 6. The van der Waals surface area contributed by atoms with E-state index in [4.69, 9.17) is 9.05 Å². The Morgan fingerprint density at radius 2 is 0.658 bits per heavy atom. The lowest BCUT2D eigenvalue weighted by molar-refractivity contribution is -0.220. The molecule has 1 fully saturated rings. The van der Waals surface area contributed by atoms with Gasteiger partial charge in [0.05, 0.1) is 18.8 Å². The highest BCUT2D eigenvalue weighted by molar-refractivity contribution is 7.47. The Balaban J connectivity index is 2.23. The van der Waals surface area contributed by atoms with Gasteiger partial charge in [0, 0.05) is 6.42 Å². The number of hydrogen-bond acceptors (Lipinski definition) is 10. The zero-order valence-electron chi connectivity index (χ0n) is 47.5. The Morgan fingerprint density at radius 3 is 0.945 bits per heavy atom. The van der Waals surface area contributed by atoms with E-state index in [0.29, 0.717) is 19.3 Å². The van der Waals surface area contributed by atoms with Crippen molar-refractivity contribution in [3.63, 3.8) is 0 Å². The number of aliphatic hydroxyl groups is 6. The molecule has 0 aliphatic heterocycles. The zero-order valence-corrected chi connectivity index (χ0v) is 48.4. The van der Waals surface area contributed by atoms with E-state index >= 15 is 0 Å². The van der Waals surface area contributed by atoms with Gasteiger partial charge in [-0.25, -0.2) is 4.57 Å². The van der Waals surface area contributed by atoms with Crippen molar-refractivity contribution in [2.75, 3.05) is 6.61 Å². The van der Waals surface area contributed by atoms with Gasteiger partial charge in [0.15, 0.2) is 0 Å². The molecule has 1 saturated carbocycles. The molecule has 0 spiro atoms. The fourth-order valence-electron chi connectivity index (χ4n) is 10.6. The molecule has 13 heteroatoms. The van der Waals surface area contributed by atoms with Gasteiger partial charge in [-0.2, -0.15) is 0 Å². The second kappa shape index (κ2) is 49.6. The number of hydrogen-bond donors (Lipinski definition) is 8. The van der Waals surface area contributed by atoms with Gasteiger partial charge in [0.2, 0.25) is 5.91 Å². The van der Waals surface area contributed by atoms with Crippen molar-refractivity contribution < 1.29 is 53.9 Å². The Hall–Kier alpha value is -0.660. The molecule has 0 aromatic carbocycles. The molecule has 0 aromatic rings. The monoisotopic (exact) mass is 1060 g/mol. The Labute approximate surface area is 448 Å². The molecule has 436 valence electrons. The number of unbranched alkanes of at least 4 members (excludes halogenated alkanes) is 44. The maximum Gasteiger partial charge on any atom is 0.472 e. The minimum atomic E-state index is -5.06. The summed E-state index contributed by atoms with van der Waals surface area (Å²) in [6, 6.07) is -1.03. The van der Waals surface area contributed by atoms with E-state index in [0.717, 1.165) is 38.5 Å². The molecular weight excluding hydrogens is 942 g/mol. The molecule has 0 aromatic heterocycles. The molecular formula is C60H120NO11P. The normalized spacial score (nSPS) is 20.8. The molecule has 1 amide bonds. The Kier molecular flexibility index (Phi) is 47.8. The minimum absolute atomic E-state index is 0.244. The Morgan fingerprint density at radius 1 is 0.411 bits per heavy atom. The standard InChI is InChI=1S/C60H120NO11P/c1-3-5-7-9-11-13-15-17-19-21-22-23-24-25-26-27-28-29-30-31-32-34-36-38-40-42-44-46-48-50-54(63)61-52(51-71-73(69,70)72-60-58(67)56(65)55(64)57(66)59(60)68)53(62)49-47-45-43-41-39-37-35-33-20-18-16-14-12-10-8-6-4-2/h52-53,55-60,62,64-68H,3-51H2,1-2H3,(H,61,63)(H,69,70)/t52-,53+,55?,56+,57?,58?,59?,60?/m0/s1. The third-order valence-corrected chi connectivity index (χ3v) is 16.7. The van der Waals surface area contributed by atoms with Gasteiger partial charge in [-0.1, -0.05) is 303 Å². The Bertz CT molecular complexity index is 1230. The molecule has 0 radical (unpaired) electrons. The predicted octanol–water partition coefficient (Wildman–Crippen LogP) is 14.9. The largest absolute Gasteiger partial charge is 0.472 e. The van der Waals surface area contributed by atoms with Crippen LogP contribution in [0.1, 0.15) is 322 Å². The maximum absolute atomic E-state index is 13.1. The van der Waals surface area contributed by atoms with E-state index in [9.17, 15) is 44.9 Å². The van der Waals surface area contributed by atoms with Crippen molar-refractivity contribution in [2.45, 2.75) is 371 Å². The van der Waals surface area contributed by atoms with Gasteiger partial charge in [-0.3, -0.25) is 13.8 Å². The molecule has 8 N–H and O–H groups in total. The summed E-state index contributed by atoms with van der Waals surface area (Å²) in [7, 11) is -5.06. The van der Waals surface area contributed by atoms with Crippen LogP contribution < -0.4 is 5.32 Å². The first kappa shape index (κ1) is 70.4.